The van der Waals surface area contributed by atoms with Gasteiger partial charge in [-0.1, -0.05) is 12.5 Å². The van der Waals surface area contributed by atoms with Crippen LogP contribution in [0.3, 0.4) is 0 Å². The van der Waals surface area contributed by atoms with Crippen molar-refractivity contribution in [1.82, 2.24) is 21.0 Å². The van der Waals surface area contributed by atoms with Crippen molar-refractivity contribution in [3.63, 3.8) is 0 Å². The van der Waals surface area contributed by atoms with Crippen LogP contribution in [-0.4, -0.2) is 48.8 Å². The van der Waals surface area contributed by atoms with Gasteiger partial charge < -0.3 is 20.8 Å². The third kappa shape index (κ3) is 11.4. The highest BCUT2D eigenvalue weighted by atomic mass is 16.5. The zero-order valence-electron chi connectivity index (χ0n) is 16.7. The smallest absolute Gasteiger partial charge is 0.308 e. The van der Waals surface area contributed by atoms with Gasteiger partial charge in [0.05, 0.1) is 32.0 Å². The van der Waals surface area contributed by atoms with Gasteiger partial charge in [-0.05, 0) is 31.4 Å². The lowest BCUT2D eigenvalue weighted by Crippen LogP contribution is -2.39. The second kappa shape index (κ2) is 15.0. The summed E-state index contributed by atoms with van der Waals surface area (Å²) in [5.41, 5.74) is 3.01. The van der Waals surface area contributed by atoms with E-state index in [4.69, 9.17) is 10.6 Å². The van der Waals surface area contributed by atoms with E-state index in [1.807, 2.05) is 0 Å². The number of aliphatic imine (C=N–C) groups is 1. The highest BCUT2D eigenvalue weighted by Crippen LogP contribution is 2.16. The van der Waals surface area contributed by atoms with Crippen LogP contribution in [0.2, 0.25) is 0 Å². The second-order valence-corrected chi connectivity index (χ2v) is 6.20. The molecule has 0 aliphatic rings. The topological polar surface area (TPSA) is 148 Å². The monoisotopic (exact) mass is 406 g/mol. The molecule has 0 spiro atoms. The van der Waals surface area contributed by atoms with E-state index < -0.39 is 12.0 Å². The number of pyridine rings is 1. The number of unbranched alkanes of at least 4 members (excludes halogenated alkanes) is 2. The van der Waals surface area contributed by atoms with Gasteiger partial charge in [-0.15, -0.1) is 0 Å². The molecule has 1 unspecified atom stereocenters. The number of hydrazine groups is 1. The van der Waals surface area contributed by atoms with Crippen LogP contribution in [0.1, 0.15) is 50.6 Å². The van der Waals surface area contributed by atoms with E-state index in [2.05, 4.69) is 26.0 Å². The number of ether oxygens (including phenoxy) is 1. The van der Waals surface area contributed by atoms with Crippen LogP contribution in [0.15, 0.2) is 29.5 Å². The predicted molar refractivity (Wildman–Crippen MR) is 109 cm³/mol. The fraction of sp³-hybridized carbons (Fsp3) is 0.526. The number of nitrogens with two attached hydrogens (primary N) is 1. The van der Waals surface area contributed by atoms with E-state index in [0.717, 1.165) is 12.8 Å². The number of nitrogens with zero attached hydrogens (tertiary/aromatic N) is 2. The molecule has 10 heteroatoms. The molecule has 2 amide bonds. The Hall–Kier alpha value is -3.01. The lowest BCUT2D eigenvalue weighted by atomic mass is 10.1. The lowest BCUT2D eigenvalue weighted by molar-refractivity contribution is -0.144. The molecule has 29 heavy (non-hydrogen) atoms. The molecule has 1 rings (SSSR count). The maximum absolute atomic E-state index is 12.2. The van der Waals surface area contributed by atoms with E-state index in [9.17, 15) is 14.4 Å². The van der Waals surface area contributed by atoms with Crippen LogP contribution < -0.4 is 21.9 Å². The number of carbonyl (C=O) groups is 3. The standard InChI is InChI=1S/C19H30N6O4/c1-2-29-19(28)11-16(15-7-6-10-21-12-15)25-18(27)13-23-17(26)8-4-3-5-9-22-14-24-20/h6-7,10,12,14,16H,2-5,8-9,11,13,20H2,1H3,(H,22,24)(H,23,26)(H,25,27). The van der Waals surface area contributed by atoms with E-state index in [1.165, 1.54) is 6.34 Å². The molecule has 0 saturated carbocycles. The number of hydrogen-bond acceptors (Lipinski definition) is 7. The summed E-state index contributed by atoms with van der Waals surface area (Å²) < 4.78 is 4.96. The molecule has 0 radical (unpaired) electrons. The van der Waals surface area contributed by atoms with Gasteiger partial charge in [0.15, 0.2) is 0 Å². The Kier molecular flexibility index (Phi) is 12.4. The Balaban J connectivity index is 2.37. The fourth-order valence-electron chi connectivity index (χ4n) is 2.52. The SMILES string of the molecule is CCOC(=O)CC(NC(=O)CNC(=O)CCCCCN=CNN)c1cccnc1. The molecular weight excluding hydrogens is 376 g/mol. The largest absolute Gasteiger partial charge is 0.466 e. The average molecular weight is 406 g/mol. The predicted octanol–water partition coefficient (Wildman–Crippen LogP) is 0.360. The molecule has 160 valence electrons. The molecule has 0 aliphatic carbocycles. The second-order valence-electron chi connectivity index (χ2n) is 6.20. The van der Waals surface area contributed by atoms with Gasteiger partial charge in [-0.2, -0.15) is 0 Å². The number of carbonyl (C=O) groups excluding carboxylic acids is 3. The molecule has 1 aromatic rings. The van der Waals surface area contributed by atoms with Gasteiger partial charge in [-0.25, -0.2) is 5.84 Å². The summed E-state index contributed by atoms with van der Waals surface area (Å²) in [6.07, 6.45) is 7.34. The third-order valence-corrected chi connectivity index (χ3v) is 3.90. The van der Waals surface area contributed by atoms with Crippen molar-refractivity contribution in [2.24, 2.45) is 10.8 Å². The molecule has 1 aromatic heterocycles. The van der Waals surface area contributed by atoms with Gasteiger partial charge in [-0.3, -0.25) is 24.4 Å². The van der Waals surface area contributed by atoms with Crippen molar-refractivity contribution in [3.8, 4) is 0 Å². The van der Waals surface area contributed by atoms with E-state index in [-0.39, 0.29) is 31.4 Å². The minimum absolute atomic E-state index is 0.0125. The van der Waals surface area contributed by atoms with E-state index >= 15 is 0 Å². The Morgan fingerprint density at radius 1 is 1.28 bits per heavy atom. The number of nitrogens with one attached hydrogen (secondary N) is 3. The summed E-state index contributed by atoms with van der Waals surface area (Å²) in [7, 11) is 0. The average Bonchev–Trinajstić information content (AvgIpc) is 2.72. The lowest BCUT2D eigenvalue weighted by Gasteiger charge is -2.18. The molecule has 10 nitrogen and oxygen atoms in total. The summed E-state index contributed by atoms with van der Waals surface area (Å²) >= 11 is 0. The van der Waals surface area contributed by atoms with Crippen LogP contribution in [0.5, 0.6) is 0 Å². The first kappa shape index (κ1) is 24.0. The van der Waals surface area contributed by atoms with Crippen molar-refractivity contribution in [2.45, 2.75) is 45.1 Å². The molecule has 1 atom stereocenters. The molecule has 0 saturated heterocycles. The molecule has 0 aliphatic heterocycles. The Morgan fingerprint density at radius 3 is 2.79 bits per heavy atom. The molecule has 1 heterocycles. The highest BCUT2D eigenvalue weighted by Gasteiger charge is 2.19. The van der Waals surface area contributed by atoms with Gasteiger partial charge in [0.1, 0.15) is 0 Å². The van der Waals surface area contributed by atoms with Gasteiger partial charge in [0, 0.05) is 25.4 Å². The number of amides is 2. The molecule has 0 aromatic carbocycles. The van der Waals surface area contributed by atoms with Gasteiger partial charge >= 0.3 is 5.97 Å². The third-order valence-electron chi connectivity index (χ3n) is 3.90. The molecule has 5 N–H and O–H groups in total. The maximum Gasteiger partial charge on any atom is 0.308 e. The van der Waals surface area contributed by atoms with Crippen LogP contribution in [0, 0.1) is 0 Å². The van der Waals surface area contributed by atoms with Gasteiger partial charge in [0.2, 0.25) is 11.8 Å². The van der Waals surface area contributed by atoms with Crippen LogP contribution in [-0.2, 0) is 19.1 Å². The summed E-state index contributed by atoms with van der Waals surface area (Å²) in [4.78, 5) is 43.9. The van der Waals surface area contributed by atoms with Crippen LogP contribution >= 0.6 is 0 Å². The Morgan fingerprint density at radius 2 is 2.10 bits per heavy atom. The fourth-order valence-corrected chi connectivity index (χ4v) is 2.52. The Bertz CT molecular complexity index is 653. The van der Waals surface area contributed by atoms with Crippen LogP contribution in [0.25, 0.3) is 0 Å². The summed E-state index contributed by atoms with van der Waals surface area (Å²) in [6, 6.07) is 2.92. The van der Waals surface area contributed by atoms with Crippen molar-refractivity contribution < 1.29 is 19.1 Å². The van der Waals surface area contributed by atoms with Crippen LogP contribution in [0.4, 0.5) is 0 Å². The van der Waals surface area contributed by atoms with Crippen molar-refractivity contribution in [3.05, 3.63) is 30.1 Å². The first-order chi connectivity index (χ1) is 14.1. The zero-order chi connectivity index (χ0) is 21.3. The zero-order valence-corrected chi connectivity index (χ0v) is 16.7. The number of rotatable bonds is 14. The first-order valence-electron chi connectivity index (χ1n) is 9.62. The first-order valence-corrected chi connectivity index (χ1v) is 9.62. The van der Waals surface area contributed by atoms with Crippen molar-refractivity contribution >= 4 is 24.1 Å². The number of aromatic nitrogens is 1. The summed E-state index contributed by atoms with van der Waals surface area (Å²) in [5, 5.41) is 5.34. The minimum Gasteiger partial charge on any atom is -0.466 e. The quantitative estimate of drug-likeness (QED) is 0.0870. The summed E-state index contributed by atoms with van der Waals surface area (Å²) in [6.45, 7) is 2.46. The normalized spacial score (nSPS) is 11.7. The Labute approximate surface area is 170 Å². The van der Waals surface area contributed by atoms with Crippen molar-refractivity contribution in [2.75, 3.05) is 19.7 Å². The van der Waals surface area contributed by atoms with Crippen molar-refractivity contribution in [1.29, 1.82) is 0 Å². The molecular formula is C19H30N6O4. The number of hydrogen-bond donors (Lipinski definition) is 4. The summed E-state index contributed by atoms with van der Waals surface area (Å²) in [5.74, 6) is 4.05. The molecule has 0 bridgehead atoms. The number of esters is 1. The maximum atomic E-state index is 12.2. The minimum atomic E-state index is -0.573. The van der Waals surface area contributed by atoms with E-state index in [0.29, 0.717) is 24.9 Å². The van der Waals surface area contributed by atoms with E-state index in [1.54, 1.807) is 31.5 Å². The molecule has 0 fully saturated rings. The highest BCUT2D eigenvalue weighted by molar-refractivity contribution is 5.85. The van der Waals surface area contributed by atoms with Gasteiger partial charge in [0.25, 0.3) is 0 Å².